The summed E-state index contributed by atoms with van der Waals surface area (Å²) in [4.78, 5) is 18.9. The van der Waals surface area contributed by atoms with E-state index in [0.717, 1.165) is 25.9 Å². The molecule has 150 valence electrons. The van der Waals surface area contributed by atoms with Gasteiger partial charge in [-0.15, -0.1) is 11.3 Å². The number of guanidine groups is 1. The van der Waals surface area contributed by atoms with Gasteiger partial charge in [0.15, 0.2) is 5.96 Å². The van der Waals surface area contributed by atoms with E-state index in [1.807, 2.05) is 6.92 Å². The van der Waals surface area contributed by atoms with Crippen molar-refractivity contribution < 1.29 is 9.18 Å². The maximum atomic E-state index is 13.2. The van der Waals surface area contributed by atoms with Crippen molar-refractivity contribution in [3.05, 3.63) is 47.6 Å². The molecule has 0 aliphatic carbocycles. The van der Waals surface area contributed by atoms with Crippen molar-refractivity contribution in [1.82, 2.24) is 10.6 Å². The fraction of sp³-hybridized carbons (Fsp3) is 0.400. The predicted molar refractivity (Wildman–Crippen MR) is 114 cm³/mol. The van der Waals surface area contributed by atoms with E-state index >= 15 is 0 Å². The van der Waals surface area contributed by atoms with Gasteiger partial charge in [-0.25, -0.2) is 9.38 Å². The molecule has 1 amide bonds. The summed E-state index contributed by atoms with van der Waals surface area (Å²) in [5, 5.41) is 12.7. The molecular formula is C20H26FN5OS. The smallest absolute Gasteiger partial charge is 0.246 e. The summed E-state index contributed by atoms with van der Waals surface area (Å²) in [6.07, 6.45) is 2.02. The van der Waals surface area contributed by atoms with Gasteiger partial charge in [0, 0.05) is 31.4 Å². The number of aliphatic imine (C=N–C) groups is 1. The minimum Gasteiger partial charge on any atom is -0.363 e. The Labute approximate surface area is 168 Å². The second-order valence-electron chi connectivity index (χ2n) is 6.61. The number of nitrogens with zero attached hydrogens (tertiary/aromatic N) is 2. The Bertz CT molecular complexity index is 788. The maximum absolute atomic E-state index is 13.2. The van der Waals surface area contributed by atoms with Gasteiger partial charge in [0.05, 0.1) is 5.00 Å². The summed E-state index contributed by atoms with van der Waals surface area (Å²) in [7, 11) is 0. The lowest BCUT2D eigenvalue weighted by atomic mass is 10.1. The highest BCUT2D eigenvalue weighted by Gasteiger charge is 2.20. The molecule has 6 nitrogen and oxygen atoms in total. The number of thiophene rings is 1. The van der Waals surface area contributed by atoms with Crippen LogP contribution in [0.5, 0.6) is 0 Å². The van der Waals surface area contributed by atoms with Crippen molar-refractivity contribution >= 4 is 33.9 Å². The Kier molecular flexibility index (Phi) is 7.25. The molecule has 1 fully saturated rings. The van der Waals surface area contributed by atoms with Crippen molar-refractivity contribution in [2.24, 2.45) is 4.99 Å². The van der Waals surface area contributed by atoms with Gasteiger partial charge in [0.1, 0.15) is 12.4 Å². The summed E-state index contributed by atoms with van der Waals surface area (Å²) >= 11 is 1.77. The molecule has 1 saturated heterocycles. The van der Waals surface area contributed by atoms with Crippen LogP contribution in [0.15, 0.2) is 46.8 Å². The van der Waals surface area contributed by atoms with Gasteiger partial charge < -0.3 is 20.9 Å². The lowest BCUT2D eigenvalue weighted by Crippen LogP contribution is -2.48. The molecule has 8 heteroatoms. The summed E-state index contributed by atoms with van der Waals surface area (Å²) in [6.45, 7) is 4.67. The Morgan fingerprint density at radius 1 is 1.29 bits per heavy atom. The van der Waals surface area contributed by atoms with E-state index in [0.29, 0.717) is 24.2 Å². The van der Waals surface area contributed by atoms with Crippen LogP contribution in [0.1, 0.15) is 19.8 Å². The third kappa shape index (κ3) is 5.95. The molecule has 0 spiro atoms. The fourth-order valence-electron chi connectivity index (χ4n) is 3.13. The summed E-state index contributed by atoms with van der Waals surface area (Å²) in [5.41, 5.74) is 0.430. The highest BCUT2D eigenvalue weighted by molar-refractivity contribution is 7.14. The molecule has 0 radical (unpaired) electrons. The zero-order chi connectivity index (χ0) is 19.8. The van der Waals surface area contributed by atoms with E-state index in [-0.39, 0.29) is 18.3 Å². The largest absolute Gasteiger partial charge is 0.363 e. The average Bonchev–Trinajstić information content (AvgIpc) is 3.22. The zero-order valence-corrected chi connectivity index (χ0v) is 16.8. The second kappa shape index (κ2) is 10.1. The van der Waals surface area contributed by atoms with Gasteiger partial charge in [-0.05, 0) is 55.5 Å². The number of piperidine rings is 1. The van der Waals surface area contributed by atoms with E-state index < -0.39 is 0 Å². The number of nitrogens with one attached hydrogen (secondary N) is 3. The average molecular weight is 404 g/mol. The van der Waals surface area contributed by atoms with Gasteiger partial charge in [-0.1, -0.05) is 6.07 Å². The van der Waals surface area contributed by atoms with Crippen LogP contribution in [-0.2, 0) is 4.79 Å². The minimum absolute atomic E-state index is 0.0279. The van der Waals surface area contributed by atoms with Gasteiger partial charge in [0.2, 0.25) is 5.91 Å². The quantitative estimate of drug-likeness (QED) is 0.512. The monoisotopic (exact) mass is 403 g/mol. The molecule has 1 aliphatic heterocycles. The highest BCUT2D eigenvalue weighted by Crippen LogP contribution is 2.24. The van der Waals surface area contributed by atoms with E-state index in [9.17, 15) is 9.18 Å². The highest BCUT2D eigenvalue weighted by atomic mass is 32.1. The Morgan fingerprint density at radius 3 is 2.79 bits per heavy atom. The lowest BCUT2D eigenvalue weighted by molar-refractivity contribution is -0.114. The van der Waals surface area contributed by atoms with Crippen molar-refractivity contribution in [2.45, 2.75) is 25.8 Å². The van der Waals surface area contributed by atoms with Crippen molar-refractivity contribution in [3.63, 3.8) is 0 Å². The van der Waals surface area contributed by atoms with E-state index in [4.69, 9.17) is 0 Å². The number of anilines is 2. The SMILES string of the molecule is CCNC(=NCC(=O)Nc1cccc(F)c1)NC1CCN(c2cccs2)CC1. The topological polar surface area (TPSA) is 68.8 Å². The lowest BCUT2D eigenvalue weighted by Gasteiger charge is -2.33. The molecule has 2 aromatic rings. The number of carbonyl (C=O) groups is 1. The molecule has 2 heterocycles. The van der Waals surface area contributed by atoms with Crippen LogP contribution >= 0.6 is 11.3 Å². The number of halogens is 1. The Morgan fingerprint density at radius 2 is 2.11 bits per heavy atom. The molecular weight excluding hydrogens is 377 g/mol. The second-order valence-corrected chi connectivity index (χ2v) is 7.54. The number of hydrogen-bond acceptors (Lipinski definition) is 4. The molecule has 0 bridgehead atoms. The summed E-state index contributed by atoms with van der Waals surface area (Å²) in [6, 6.07) is 10.4. The molecule has 0 saturated carbocycles. The number of amides is 1. The Balaban J connectivity index is 1.49. The zero-order valence-electron chi connectivity index (χ0n) is 16.0. The van der Waals surface area contributed by atoms with Gasteiger partial charge in [-0.3, -0.25) is 4.79 Å². The van der Waals surface area contributed by atoms with Gasteiger partial charge in [0.25, 0.3) is 0 Å². The molecule has 28 heavy (non-hydrogen) atoms. The van der Waals surface area contributed by atoms with Gasteiger partial charge >= 0.3 is 0 Å². The molecule has 1 aliphatic rings. The standard InChI is InChI=1S/C20H26FN5OS/c1-2-22-20(23-14-18(27)24-17-6-3-5-15(21)13-17)25-16-8-10-26(11-9-16)19-7-4-12-28-19/h3-7,12-13,16H,2,8-11,14H2,1H3,(H,24,27)(H2,22,23,25). The van der Waals surface area contributed by atoms with Crippen LogP contribution in [0, 0.1) is 5.82 Å². The van der Waals surface area contributed by atoms with Crippen LogP contribution in [0.2, 0.25) is 0 Å². The van der Waals surface area contributed by atoms with Crippen LogP contribution in [0.4, 0.5) is 15.1 Å². The van der Waals surface area contributed by atoms with E-state index in [2.05, 4.69) is 43.4 Å². The predicted octanol–water partition coefficient (Wildman–Crippen LogP) is 3.05. The van der Waals surface area contributed by atoms with E-state index in [1.54, 1.807) is 23.5 Å². The van der Waals surface area contributed by atoms with Crippen molar-refractivity contribution in [1.29, 1.82) is 0 Å². The summed E-state index contributed by atoms with van der Waals surface area (Å²) in [5.74, 6) is -0.0352. The van der Waals surface area contributed by atoms with Crippen LogP contribution < -0.4 is 20.9 Å². The fourth-order valence-corrected chi connectivity index (χ4v) is 3.91. The van der Waals surface area contributed by atoms with E-state index in [1.165, 1.54) is 17.1 Å². The Hall–Kier alpha value is -2.61. The molecule has 3 N–H and O–H groups in total. The first-order chi connectivity index (χ1) is 13.6. The summed E-state index contributed by atoms with van der Waals surface area (Å²) < 4.78 is 13.2. The number of hydrogen-bond donors (Lipinski definition) is 3. The molecule has 1 aromatic heterocycles. The van der Waals surface area contributed by atoms with Crippen LogP contribution in [0.25, 0.3) is 0 Å². The number of rotatable bonds is 6. The van der Waals surface area contributed by atoms with Crippen molar-refractivity contribution in [2.75, 3.05) is 36.4 Å². The van der Waals surface area contributed by atoms with Crippen LogP contribution in [-0.4, -0.2) is 44.1 Å². The minimum atomic E-state index is -0.384. The van der Waals surface area contributed by atoms with Crippen molar-refractivity contribution in [3.8, 4) is 0 Å². The number of benzene rings is 1. The first-order valence-corrected chi connectivity index (χ1v) is 10.4. The van der Waals surface area contributed by atoms with Gasteiger partial charge in [-0.2, -0.15) is 0 Å². The molecule has 0 unspecified atom stereocenters. The number of carbonyl (C=O) groups excluding carboxylic acids is 1. The first-order valence-electron chi connectivity index (χ1n) is 9.52. The normalized spacial score (nSPS) is 15.4. The first kappa shape index (κ1) is 20.1. The van der Waals surface area contributed by atoms with Crippen LogP contribution in [0.3, 0.4) is 0 Å². The molecule has 0 atom stereocenters. The maximum Gasteiger partial charge on any atom is 0.246 e. The molecule has 3 rings (SSSR count). The third-order valence-electron chi connectivity index (χ3n) is 4.49. The third-order valence-corrected chi connectivity index (χ3v) is 5.42. The molecule has 1 aromatic carbocycles.